The number of fused-ring (bicyclic) bond motifs is 1. The summed E-state index contributed by atoms with van der Waals surface area (Å²) in [6.07, 6.45) is 3.35. The molecule has 3 aromatic rings. The molecule has 0 saturated heterocycles. The molecule has 20 heavy (non-hydrogen) atoms. The Balaban J connectivity index is 2.20. The Labute approximate surface area is 115 Å². The number of ketones is 1. The van der Waals surface area contributed by atoms with Crippen LogP contribution in [0.15, 0.2) is 54.9 Å². The first kappa shape index (κ1) is 12.5. The van der Waals surface area contributed by atoms with E-state index in [0.29, 0.717) is 11.1 Å². The first-order valence-electron chi connectivity index (χ1n) is 6.30. The number of aryl methyl sites for hydroxylation is 1. The molecule has 0 aliphatic heterocycles. The molecule has 0 bridgehead atoms. The number of halogens is 1. The number of carbonyl (C=O) groups is 1. The molecule has 0 N–H and O–H groups in total. The second-order valence-electron chi connectivity index (χ2n) is 4.69. The van der Waals surface area contributed by atoms with Crippen molar-refractivity contribution in [3.63, 3.8) is 0 Å². The van der Waals surface area contributed by atoms with Crippen molar-refractivity contribution >= 4 is 16.6 Å². The summed E-state index contributed by atoms with van der Waals surface area (Å²) in [5, 5.41) is 1.73. The molecule has 0 saturated carbocycles. The molecule has 0 amide bonds. The molecule has 1 heterocycles. The van der Waals surface area contributed by atoms with Gasteiger partial charge in [0.25, 0.3) is 0 Å². The fourth-order valence-corrected chi connectivity index (χ4v) is 2.30. The van der Waals surface area contributed by atoms with Gasteiger partial charge in [-0.05, 0) is 36.1 Å². The van der Waals surface area contributed by atoms with E-state index in [-0.39, 0.29) is 5.78 Å². The van der Waals surface area contributed by atoms with Crippen LogP contribution < -0.4 is 0 Å². The number of nitrogens with zero attached hydrogens (tertiary/aromatic N) is 1. The maximum atomic E-state index is 13.4. The molecular weight excluding hydrogens is 253 g/mol. The quantitative estimate of drug-likeness (QED) is 0.657. The number of hydrogen-bond donors (Lipinski definition) is 0. The van der Waals surface area contributed by atoms with Crippen molar-refractivity contribution in [1.82, 2.24) is 4.98 Å². The molecule has 0 radical (unpaired) electrons. The Morgan fingerprint density at radius 3 is 2.80 bits per heavy atom. The highest BCUT2D eigenvalue weighted by Gasteiger charge is 2.15. The molecular formula is C17H12FNO. The van der Waals surface area contributed by atoms with E-state index in [1.54, 1.807) is 31.5 Å². The third-order valence-electron chi connectivity index (χ3n) is 3.37. The Hall–Kier alpha value is -2.55. The van der Waals surface area contributed by atoms with Crippen molar-refractivity contribution in [1.29, 1.82) is 0 Å². The van der Waals surface area contributed by atoms with Gasteiger partial charge in [-0.15, -0.1) is 0 Å². The van der Waals surface area contributed by atoms with E-state index in [1.165, 1.54) is 12.1 Å². The monoisotopic (exact) mass is 265 g/mol. The minimum Gasteiger partial charge on any atom is -0.289 e. The topological polar surface area (TPSA) is 30.0 Å². The fourth-order valence-electron chi connectivity index (χ4n) is 2.30. The lowest BCUT2D eigenvalue weighted by molar-refractivity contribution is 0.103. The van der Waals surface area contributed by atoms with E-state index in [9.17, 15) is 9.18 Å². The van der Waals surface area contributed by atoms with Gasteiger partial charge in [-0.25, -0.2) is 4.39 Å². The van der Waals surface area contributed by atoms with Gasteiger partial charge < -0.3 is 0 Å². The Bertz CT molecular complexity index is 806. The number of rotatable bonds is 2. The third-order valence-corrected chi connectivity index (χ3v) is 3.37. The Morgan fingerprint density at radius 2 is 1.95 bits per heavy atom. The molecule has 0 atom stereocenters. The van der Waals surface area contributed by atoms with Crippen molar-refractivity contribution in [2.24, 2.45) is 0 Å². The number of hydrogen-bond acceptors (Lipinski definition) is 2. The molecule has 2 aromatic carbocycles. The van der Waals surface area contributed by atoms with Crippen LogP contribution in [0.25, 0.3) is 10.8 Å². The Morgan fingerprint density at radius 1 is 1.10 bits per heavy atom. The zero-order valence-electron chi connectivity index (χ0n) is 10.9. The van der Waals surface area contributed by atoms with Crippen LogP contribution >= 0.6 is 0 Å². The first-order valence-corrected chi connectivity index (χ1v) is 6.30. The molecule has 0 aliphatic rings. The molecule has 2 nitrogen and oxygen atoms in total. The van der Waals surface area contributed by atoms with Crippen molar-refractivity contribution in [3.8, 4) is 0 Å². The van der Waals surface area contributed by atoms with Crippen LogP contribution in [0.4, 0.5) is 4.39 Å². The number of carbonyl (C=O) groups excluding carboxylic acids is 1. The summed E-state index contributed by atoms with van der Waals surface area (Å²) in [7, 11) is 0. The van der Waals surface area contributed by atoms with E-state index in [4.69, 9.17) is 0 Å². The average molecular weight is 265 g/mol. The molecule has 3 heteroatoms. The summed E-state index contributed by atoms with van der Waals surface area (Å²) in [5.74, 6) is -0.585. The van der Waals surface area contributed by atoms with E-state index in [0.717, 1.165) is 16.3 Å². The largest absolute Gasteiger partial charge is 0.289 e. The lowest BCUT2D eigenvalue weighted by Gasteiger charge is -2.08. The highest BCUT2D eigenvalue weighted by atomic mass is 19.1. The maximum Gasteiger partial charge on any atom is 0.194 e. The summed E-state index contributed by atoms with van der Waals surface area (Å²) in [5.41, 5.74) is 1.70. The van der Waals surface area contributed by atoms with Gasteiger partial charge in [0.15, 0.2) is 5.78 Å². The normalized spacial score (nSPS) is 10.7. The third kappa shape index (κ3) is 2.07. The molecule has 0 aliphatic carbocycles. The number of pyridine rings is 1. The standard InChI is InChI=1S/C17H12FNO/c1-11-5-6-13(18)9-15(11)17(20)14-4-2-3-12-7-8-19-10-16(12)14/h2-10H,1H3. The summed E-state index contributed by atoms with van der Waals surface area (Å²) < 4.78 is 13.4. The lowest BCUT2D eigenvalue weighted by atomic mass is 9.96. The zero-order valence-corrected chi connectivity index (χ0v) is 10.9. The smallest absolute Gasteiger partial charge is 0.194 e. The van der Waals surface area contributed by atoms with Crippen LogP contribution in [0.1, 0.15) is 21.5 Å². The SMILES string of the molecule is Cc1ccc(F)cc1C(=O)c1cccc2ccncc12. The van der Waals surface area contributed by atoms with Crippen molar-refractivity contribution < 1.29 is 9.18 Å². The number of aromatic nitrogens is 1. The molecule has 98 valence electrons. The second-order valence-corrected chi connectivity index (χ2v) is 4.69. The van der Waals surface area contributed by atoms with Gasteiger partial charge in [-0.3, -0.25) is 9.78 Å². The zero-order chi connectivity index (χ0) is 14.1. The van der Waals surface area contributed by atoms with E-state index in [1.807, 2.05) is 18.2 Å². The summed E-state index contributed by atoms with van der Waals surface area (Å²) in [4.78, 5) is 16.7. The summed E-state index contributed by atoms with van der Waals surface area (Å²) in [6.45, 7) is 1.80. The van der Waals surface area contributed by atoms with Gasteiger partial charge in [0.05, 0.1) is 0 Å². The van der Waals surface area contributed by atoms with Crippen LogP contribution in [0.2, 0.25) is 0 Å². The molecule has 0 spiro atoms. The maximum absolute atomic E-state index is 13.4. The van der Waals surface area contributed by atoms with Gasteiger partial charge in [0, 0.05) is 28.9 Å². The number of benzene rings is 2. The minimum absolute atomic E-state index is 0.180. The Kier molecular flexibility index (Phi) is 3.03. The van der Waals surface area contributed by atoms with Gasteiger partial charge in [-0.1, -0.05) is 24.3 Å². The first-order chi connectivity index (χ1) is 9.66. The molecule has 1 aromatic heterocycles. The van der Waals surface area contributed by atoms with Crippen molar-refractivity contribution in [2.45, 2.75) is 6.92 Å². The highest BCUT2D eigenvalue weighted by Crippen LogP contribution is 2.22. The van der Waals surface area contributed by atoms with E-state index in [2.05, 4.69) is 4.98 Å². The van der Waals surface area contributed by atoms with Crippen LogP contribution in [-0.4, -0.2) is 10.8 Å². The molecule has 3 rings (SSSR count). The van der Waals surface area contributed by atoms with Crippen molar-refractivity contribution in [3.05, 3.63) is 77.4 Å². The van der Waals surface area contributed by atoms with Crippen LogP contribution in [0, 0.1) is 12.7 Å². The van der Waals surface area contributed by atoms with Crippen LogP contribution in [-0.2, 0) is 0 Å². The molecule has 0 fully saturated rings. The average Bonchev–Trinajstić information content (AvgIpc) is 2.48. The second kappa shape index (κ2) is 4.85. The van der Waals surface area contributed by atoms with Crippen molar-refractivity contribution in [2.75, 3.05) is 0 Å². The lowest BCUT2D eigenvalue weighted by Crippen LogP contribution is -2.05. The summed E-state index contributed by atoms with van der Waals surface area (Å²) >= 11 is 0. The van der Waals surface area contributed by atoms with E-state index >= 15 is 0 Å². The fraction of sp³-hybridized carbons (Fsp3) is 0.0588. The van der Waals surface area contributed by atoms with Gasteiger partial charge in [0.1, 0.15) is 5.82 Å². The van der Waals surface area contributed by atoms with Crippen LogP contribution in [0.3, 0.4) is 0 Å². The van der Waals surface area contributed by atoms with E-state index < -0.39 is 5.82 Å². The highest BCUT2D eigenvalue weighted by molar-refractivity contribution is 6.16. The predicted octanol–water partition coefficient (Wildman–Crippen LogP) is 3.91. The summed E-state index contributed by atoms with van der Waals surface area (Å²) in [6, 6.07) is 11.6. The van der Waals surface area contributed by atoms with Gasteiger partial charge >= 0.3 is 0 Å². The minimum atomic E-state index is -0.405. The van der Waals surface area contributed by atoms with Gasteiger partial charge in [0.2, 0.25) is 0 Å². The van der Waals surface area contributed by atoms with Gasteiger partial charge in [-0.2, -0.15) is 0 Å². The van der Waals surface area contributed by atoms with Crippen LogP contribution in [0.5, 0.6) is 0 Å². The predicted molar refractivity (Wildman–Crippen MR) is 76.3 cm³/mol. The molecule has 0 unspecified atom stereocenters.